The van der Waals surface area contributed by atoms with Gasteiger partial charge in [0.2, 0.25) is 0 Å². The number of rotatable bonds is 5. The number of thiazole rings is 1. The Morgan fingerprint density at radius 2 is 2.30 bits per heavy atom. The molecular formula is C20H26N6S. The molecule has 2 aromatic rings. The van der Waals surface area contributed by atoms with Crippen molar-refractivity contribution in [3.63, 3.8) is 0 Å². The largest absolute Gasteiger partial charge is 0.368 e. The normalized spacial score (nSPS) is 17.4. The smallest absolute Gasteiger partial charge is 0.191 e. The summed E-state index contributed by atoms with van der Waals surface area (Å²) in [6.45, 7) is 4.62. The van der Waals surface area contributed by atoms with Crippen LogP contribution >= 0.6 is 11.3 Å². The molecule has 1 aromatic carbocycles. The number of piperidine rings is 1. The first kappa shape index (κ1) is 19.2. The lowest BCUT2D eigenvalue weighted by Gasteiger charge is -2.35. The van der Waals surface area contributed by atoms with E-state index in [0.717, 1.165) is 60.3 Å². The van der Waals surface area contributed by atoms with Gasteiger partial charge < -0.3 is 15.5 Å². The maximum absolute atomic E-state index is 9.37. The van der Waals surface area contributed by atoms with Crippen molar-refractivity contribution < 1.29 is 0 Å². The molecule has 1 saturated heterocycles. The summed E-state index contributed by atoms with van der Waals surface area (Å²) < 4.78 is 0. The molecule has 0 saturated carbocycles. The van der Waals surface area contributed by atoms with E-state index in [1.807, 2.05) is 24.3 Å². The lowest BCUT2D eigenvalue weighted by Crippen LogP contribution is -2.51. The van der Waals surface area contributed by atoms with Gasteiger partial charge in [0.15, 0.2) is 5.96 Å². The Labute approximate surface area is 165 Å². The molecule has 6 nitrogen and oxygen atoms in total. The van der Waals surface area contributed by atoms with E-state index in [1.165, 1.54) is 0 Å². The number of nitriles is 1. The van der Waals surface area contributed by atoms with Crippen molar-refractivity contribution in [2.75, 3.05) is 25.0 Å². The Kier molecular flexibility index (Phi) is 6.66. The van der Waals surface area contributed by atoms with E-state index in [1.54, 1.807) is 18.4 Å². The topological polar surface area (TPSA) is 76.3 Å². The second-order valence-corrected chi connectivity index (χ2v) is 7.51. The zero-order valence-electron chi connectivity index (χ0n) is 15.9. The molecule has 2 heterocycles. The predicted octanol–water partition coefficient (Wildman–Crippen LogP) is 2.91. The van der Waals surface area contributed by atoms with Gasteiger partial charge in [0.05, 0.1) is 28.5 Å². The van der Waals surface area contributed by atoms with E-state index in [9.17, 15) is 5.26 Å². The molecule has 3 rings (SSSR count). The van der Waals surface area contributed by atoms with Crippen LogP contribution in [0.2, 0.25) is 0 Å². The number of guanidine groups is 1. The molecular weight excluding hydrogens is 356 g/mol. The SMILES string of the molecule is CCc1nc(CNC(=NC)NC2CCCN(c3ccccc3C#N)C2)cs1. The Morgan fingerprint density at radius 1 is 1.44 bits per heavy atom. The number of aliphatic imine (C=N–C) groups is 1. The molecule has 2 N–H and O–H groups in total. The Balaban J connectivity index is 1.58. The van der Waals surface area contributed by atoms with Gasteiger partial charge in [-0.2, -0.15) is 5.26 Å². The maximum Gasteiger partial charge on any atom is 0.191 e. The van der Waals surface area contributed by atoms with Crippen molar-refractivity contribution in [2.45, 2.75) is 38.8 Å². The van der Waals surface area contributed by atoms with Crippen LogP contribution < -0.4 is 15.5 Å². The zero-order valence-corrected chi connectivity index (χ0v) is 16.7. The molecule has 1 aromatic heterocycles. The summed E-state index contributed by atoms with van der Waals surface area (Å²) in [5.41, 5.74) is 2.80. The highest BCUT2D eigenvalue weighted by atomic mass is 32.1. The minimum absolute atomic E-state index is 0.290. The highest BCUT2D eigenvalue weighted by Crippen LogP contribution is 2.23. The van der Waals surface area contributed by atoms with Crippen molar-refractivity contribution in [2.24, 2.45) is 4.99 Å². The molecule has 1 aliphatic rings. The van der Waals surface area contributed by atoms with Crippen molar-refractivity contribution in [1.82, 2.24) is 15.6 Å². The van der Waals surface area contributed by atoms with Gasteiger partial charge in [-0.15, -0.1) is 11.3 Å². The number of para-hydroxylation sites is 1. The lowest BCUT2D eigenvalue weighted by atomic mass is 10.0. The molecule has 142 valence electrons. The van der Waals surface area contributed by atoms with Crippen LogP contribution in [0, 0.1) is 11.3 Å². The van der Waals surface area contributed by atoms with E-state index in [-0.39, 0.29) is 0 Å². The molecule has 0 amide bonds. The fourth-order valence-electron chi connectivity index (χ4n) is 3.31. The third-order valence-electron chi connectivity index (χ3n) is 4.69. The van der Waals surface area contributed by atoms with Gasteiger partial charge in [-0.25, -0.2) is 4.98 Å². The zero-order chi connectivity index (χ0) is 19.1. The van der Waals surface area contributed by atoms with Crippen LogP contribution in [-0.2, 0) is 13.0 Å². The molecule has 1 aliphatic heterocycles. The summed E-state index contributed by atoms with van der Waals surface area (Å²) in [5, 5.41) is 19.5. The number of hydrogen-bond donors (Lipinski definition) is 2. The van der Waals surface area contributed by atoms with Crippen LogP contribution in [-0.4, -0.2) is 37.1 Å². The minimum atomic E-state index is 0.290. The molecule has 1 atom stereocenters. The van der Waals surface area contributed by atoms with Crippen LogP contribution in [0.1, 0.15) is 36.0 Å². The first-order valence-electron chi connectivity index (χ1n) is 9.38. The number of aryl methyl sites for hydroxylation is 1. The van der Waals surface area contributed by atoms with Crippen molar-refractivity contribution >= 4 is 23.0 Å². The van der Waals surface area contributed by atoms with E-state index in [2.05, 4.69) is 43.9 Å². The Hall–Kier alpha value is -2.59. The first-order chi connectivity index (χ1) is 13.2. The van der Waals surface area contributed by atoms with Crippen LogP contribution in [0.4, 0.5) is 5.69 Å². The molecule has 1 fully saturated rings. The van der Waals surface area contributed by atoms with E-state index in [4.69, 9.17) is 0 Å². The molecule has 1 unspecified atom stereocenters. The Morgan fingerprint density at radius 3 is 3.04 bits per heavy atom. The molecule has 0 radical (unpaired) electrons. The monoisotopic (exact) mass is 382 g/mol. The van der Waals surface area contributed by atoms with Crippen molar-refractivity contribution in [3.8, 4) is 6.07 Å². The van der Waals surface area contributed by atoms with Gasteiger partial charge in [-0.05, 0) is 31.4 Å². The summed E-state index contributed by atoms with van der Waals surface area (Å²) in [4.78, 5) is 11.2. The Bertz CT molecular complexity index is 822. The van der Waals surface area contributed by atoms with Gasteiger partial charge in [0, 0.05) is 31.6 Å². The third-order valence-corrected chi connectivity index (χ3v) is 5.73. The van der Waals surface area contributed by atoms with E-state index in [0.29, 0.717) is 12.6 Å². The van der Waals surface area contributed by atoms with Crippen LogP contribution in [0.15, 0.2) is 34.6 Å². The molecule has 0 bridgehead atoms. The summed E-state index contributed by atoms with van der Waals surface area (Å²) in [7, 11) is 1.79. The first-order valence-corrected chi connectivity index (χ1v) is 10.3. The third kappa shape index (κ3) is 4.98. The molecule has 7 heteroatoms. The highest BCUT2D eigenvalue weighted by Gasteiger charge is 2.22. The standard InChI is InChI=1S/C20H26N6S/c1-3-19-24-17(14-27-19)12-23-20(22-2)25-16-8-6-10-26(13-16)18-9-5-4-7-15(18)11-21/h4-5,7,9,14,16H,3,6,8,10,12-13H2,1-2H3,(H2,22,23,25). The quantitative estimate of drug-likeness (QED) is 0.614. The van der Waals surface area contributed by atoms with Gasteiger partial charge in [-0.3, -0.25) is 4.99 Å². The summed E-state index contributed by atoms with van der Waals surface area (Å²) >= 11 is 1.70. The molecule has 27 heavy (non-hydrogen) atoms. The van der Waals surface area contributed by atoms with Crippen molar-refractivity contribution in [1.29, 1.82) is 5.26 Å². The van der Waals surface area contributed by atoms with E-state index >= 15 is 0 Å². The van der Waals surface area contributed by atoms with Crippen LogP contribution in [0.25, 0.3) is 0 Å². The lowest BCUT2D eigenvalue weighted by molar-refractivity contribution is 0.467. The van der Waals surface area contributed by atoms with Gasteiger partial charge in [0.25, 0.3) is 0 Å². The second-order valence-electron chi connectivity index (χ2n) is 6.57. The molecule has 0 aliphatic carbocycles. The van der Waals surface area contributed by atoms with Crippen LogP contribution in [0.5, 0.6) is 0 Å². The van der Waals surface area contributed by atoms with Gasteiger partial charge in [-0.1, -0.05) is 19.1 Å². The average molecular weight is 383 g/mol. The predicted molar refractivity (Wildman–Crippen MR) is 111 cm³/mol. The fourth-order valence-corrected chi connectivity index (χ4v) is 4.06. The number of anilines is 1. The number of nitrogens with zero attached hydrogens (tertiary/aromatic N) is 4. The van der Waals surface area contributed by atoms with E-state index < -0.39 is 0 Å². The number of benzene rings is 1. The highest BCUT2D eigenvalue weighted by molar-refractivity contribution is 7.09. The second kappa shape index (κ2) is 9.38. The average Bonchev–Trinajstić information content (AvgIpc) is 3.19. The van der Waals surface area contributed by atoms with Gasteiger partial charge in [0.1, 0.15) is 6.07 Å². The fraction of sp³-hybridized carbons (Fsp3) is 0.450. The number of hydrogen-bond acceptors (Lipinski definition) is 5. The summed E-state index contributed by atoms with van der Waals surface area (Å²) in [6.07, 6.45) is 3.14. The van der Waals surface area contributed by atoms with Crippen molar-refractivity contribution in [3.05, 3.63) is 45.9 Å². The van der Waals surface area contributed by atoms with Gasteiger partial charge >= 0.3 is 0 Å². The molecule has 0 spiro atoms. The number of nitrogens with one attached hydrogen (secondary N) is 2. The number of aromatic nitrogens is 1. The maximum atomic E-state index is 9.37. The summed E-state index contributed by atoms with van der Waals surface area (Å²) in [5.74, 6) is 0.793. The minimum Gasteiger partial charge on any atom is -0.368 e. The van der Waals surface area contributed by atoms with Crippen LogP contribution in [0.3, 0.4) is 0 Å². The summed E-state index contributed by atoms with van der Waals surface area (Å²) in [6, 6.07) is 10.4.